The molecule has 0 saturated carbocycles. The van der Waals surface area contributed by atoms with Crippen LogP contribution in [0.3, 0.4) is 0 Å². The molecule has 1 aromatic carbocycles. The lowest BCUT2D eigenvalue weighted by Gasteiger charge is -2.16. The van der Waals surface area contributed by atoms with Crippen LogP contribution in [0.25, 0.3) is 0 Å². The summed E-state index contributed by atoms with van der Waals surface area (Å²) < 4.78 is 0. The quantitative estimate of drug-likeness (QED) is 0.619. The molecule has 17 heavy (non-hydrogen) atoms. The number of hydrogen-bond acceptors (Lipinski definition) is 4. The summed E-state index contributed by atoms with van der Waals surface area (Å²) in [4.78, 5) is 21.7. The van der Waals surface area contributed by atoms with Crippen molar-refractivity contribution < 1.29 is 9.72 Å². The first-order valence-corrected chi connectivity index (χ1v) is 5.06. The van der Waals surface area contributed by atoms with Crippen LogP contribution in [0, 0.1) is 15.5 Å². The molecule has 0 aromatic heterocycles. The van der Waals surface area contributed by atoms with Gasteiger partial charge in [-0.25, -0.2) is 5.43 Å². The molecule has 1 amide bonds. The van der Waals surface area contributed by atoms with Gasteiger partial charge in [0.25, 0.3) is 11.6 Å². The highest BCUT2D eigenvalue weighted by atomic mass is 16.6. The molecule has 1 aromatic rings. The maximum absolute atomic E-state index is 11.5. The van der Waals surface area contributed by atoms with E-state index in [1.54, 1.807) is 26.0 Å². The van der Waals surface area contributed by atoms with E-state index < -0.39 is 10.3 Å². The van der Waals surface area contributed by atoms with Gasteiger partial charge in [-0.05, 0) is 13.8 Å². The third-order valence-electron chi connectivity index (χ3n) is 2.76. The molecule has 6 heteroatoms. The molecular weight excluding hydrogens is 222 g/mol. The number of nitrogens with zero attached hydrogens (tertiary/aromatic N) is 2. The largest absolute Gasteiger partial charge is 0.272 e. The van der Waals surface area contributed by atoms with Crippen LogP contribution in [0.2, 0.25) is 0 Å². The van der Waals surface area contributed by atoms with Gasteiger partial charge in [-0.3, -0.25) is 14.9 Å². The molecule has 1 aliphatic heterocycles. The summed E-state index contributed by atoms with van der Waals surface area (Å²) in [5.41, 5.74) is 2.71. The van der Waals surface area contributed by atoms with E-state index in [1.807, 2.05) is 0 Å². The summed E-state index contributed by atoms with van der Waals surface area (Å²) in [6.07, 6.45) is 0. The summed E-state index contributed by atoms with van der Waals surface area (Å²) in [7, 11) is 0. The zero-order valence-electron chi connectivity index (χ0n) is 9.43. The van der Waals surface area contributed by atoms with Gasteiger partial charge in [0, 0.05) is 17.7 Å². The Kier molecular flexibility index (Phi) is 2.42. The molecule has 0 atom stereocenters. The predicted octanol–water partition coefficient (Wildman–Crippen LogP) is 1.45. The highest BCUT2D eigenvalue weighted by Crippen LogP contribution is 2.28. The number of nitrogens with one attached hydrogen (secondary N) is 1. The second-order valence-corrected chi connectivity index (χ2v) is 4.33. The van der Waals surface area contributed by atoms with Gasteiger partial charge in [-0.2, -0.15) is 5.10 Å². The maximum Gasteiger partial charge on any atom is 0.270 e. The number of nitro benzene ring substituents is 1. The Morgan fingerprint density at radius 2 is 2.12 bits per heavy atom. The first-order chi connectivity index (χ1) is 7.93. The van der Waals surface area contributed by atoms with Gasteiger partial charge in [0.2, 0.25) is 0 Å². The van der Waals surface area contributed by atoms with E-state index in [4.69, 9.17) is 0 Å². The highest BCUT2D eigenvalue weighted by Gasteiger charge is 2.39. The van der Waals surface area contributed by atoms with Crippen LogP contribution in [-0.4, -0.2) is 16.5 Å². The van der Waals surface area contributed by atoms with Gasteiger partial charge in [0.05, 0.1) is 16.0 Å². The standard InChI is InChI=1S/C11H11N3O3/c1-11(2)9(12-13-10(11)15)7-4-3-5-8(6-7)14(16)17/h3-6H,1-2H3,(H,13,15). The van der Waals surface area contributed by atoms with Crippen LogP contribution in [0.4, 0.5) is 5.69 Å². The number of rotatable bonds is 2. The summed E-state index contributed by atoms with van der Waals surface area (Å²) in [6.45, 7) is 3.46. The Bertz CT molecular complexity index is 535. The minimum Gasteiger partial charge on any atom is -0.272 e. The number of carbonyl (C=O) groups excluding carboxylic acids is 1. The molecule has 0 aliphatic carbocycles. The Morgan fingerprint density at radius 3 is 2.65 bits per heavy atom. The molecular formula is C11H11N3O3. The minimum absolute atomic E-state index is 0.0136. The van der Waals surface area contributed by atoms with E-state index in [2.05, 4.69) is 10.5 Å². The molecule has 6 nitrogen and oxygen atoms in total. The number of carbonyl (C=O) groups is 1. The van der Waals surface area contributed by atoms with Gasteiger partial charge in [-0.15, -0.1) is 0 Å². The van der Waals surface area contributed by atoms with Crippen molar-refractivity contribution in [3.05, 3.63) is 39.9 Å². The fourth-order valence-corrected chi connectivity index (χ4v) is 1.69. The van der Waals surface area contributed by atoms with Crippen molar-refractivity contribution in [3.8, 4) is 0 Å². The van der Waals surface area contributed by atoms with E-state index in [1.165, 1.54) is 12.1 Å². The Morgan fingerprint density at radius 1 is 1.41 bits per heavy atom. The monoisotopic (exact) mass is 233 g/mol. The fraction of sp³-hybridized carbons (Fsp3) is 0.273. The van der Waals surface area contributed by atoms with Crippen molar-refractivity contribution in [2.45, 2.75) is 13.8 Å². The van der Waals surface area contributed by atoms with Gasteiger partial charge >= 0.3 is 0 Å². The molecule has 0 bridgehead atoms. The minimum atomic E-state index is -0.769. The maximum atomic E-state index is 11.5. The van der Waals surface area contributed by atoms with E-state index in [-0.39, 0.29) is 11.6 Å². The van der Waals surface area contributed by atoms with E-state index in [0.29, 0.717) is 11.3 Å². The van der Waals surface area contributed by atoms with Crippen molar-refractivity contribution in [1.82, 2.24) is 5.43 Å². The van der Waals surface area contributed by atoms with Crippen LogP contribution in [0.15, 0.2) is 29.4 Å². The molecule has 0 fully saturated rings. The zero-order valence-corrected chi connectivity index (χ0v) is 9.43. The third kappa shape index (κ3) is 1.77. The van der Waals surface area contributed by atoms with E-state index in [0.717, 1.165) is 0 Å². The van der Waals surface area contributed by atoms with Gasteiger partial charge in [0.1, 0.15) is 0 Å². The summed E-state index contributed by atoms with van der Waals surface area (Å²) >= 11 is 0. The number of benzene rings is 1. The van der Waals surface area contributed by atoms with Crippen LogP contribution in [0.5, 0.6) is 0 Å². The first kappa shape index (κ1) is 11.3. The van der Waals surface area contributed by atoms with Gasteiger partial charge < -0.3 is 0 Å². The lowest BCUT2D eigenvalue weighted by molar-refractivity contribution is -0.384. The fourth-order valence-electron chi connectivity index (χ4n) is 1.69. The molecule has 1 heterocycles. The van der Waals surface area contributed by atoms with Gasteiger partial charge in [0.15, 0.2) is 0 Å². The third-order valence-corrected chi connectivity index (χ3v) is 2.76. The van der Waals surface area contributed by atoms with Crippen molar-refractivity contribution in [1.29, 1.82) is 0 Å². The second kappa shape index (κ2) is 3.65. The number of hydrazone groups is 1. The van der Waals surface area contributed by atoms with Crippen LogP contribution < -0.4 is 5.43 Å². The Labute approximate surface area is 97.5 Å². The molecule has 0 saturated heterocycles. The van der Waals surface area contributed by atoms with Crippen molar-refractivity contribution in [3.63, 3.8) is 0 Å². The molecule has 0 unspecified atom stereocenters. The zero-order chi connectivity index (χ0) is 12.6. The normalized spacial score (nSPS) is 17.5. The molecule has 0 spiro atoms. The summed E-state index contributed by atoms with van der Waals surface area (Å²) in [5, 5.41) is 14.6. The number of hydrogen-bond donors (Lipinski definition) is 1. The van der Waals surface area contributed by atoms with Crippen LogP contribution in [-0.2, 0) is 4.79 Å². The molecule has 2 rings (SSSR count). The average Bonchev–Trinajstić information content (AvgIpc) is 2.54. The van der Waals surface area contributed by atoms with Gasteiger partial charge in [-0.1, -0.05) is 12.1 Å². The summed E-state index contributed by atoms with van der Waals surface area (Å²) in [5.74, 6) is -0.209. The topological polar surface area (TPSA) is 84.6 Å². The lowest BCUT2D eigenvalue weighted by atomic mass is 9.84. The number of amides is 1. The Hall–Kier alpha value is -2.24. The number of nitro groups is 1. The Balaban J connectivity index is 2.46. The number of non-ortho nitro benzene ring substituents is 1. The SMILES string of the molecule is CC1(C)C(=O)NN=C1c1cccc([N+](=O)[O-])c1. The predicted molar refractivity (Wildman–Crippen MR) is 61.6 cm³/mol. The van der Waals surface area contributed by atoms with Crippen LogP contribution in [0.1, 0.15) is 19.4 Å². The second-order valence-electron chi connectivity index (χ2n) is 4.33. The van der Waals surface area contributed by atoms with Crippen molar-refractivity contribution in [2.24, 2.45) is 10.5 Å². The molecule has 1 N–H and O–H groups in total. The highest BCUT2D eigenvalue weighted by molar-refractivity contribution is 6.19. The van der Waals surface area contributed by atoms with Crippen LogP contribution >= 0.6 is 0 Å². The van der Waals surface area contributed by atoms with E-state index in [9.17, 15) is 14.9 Å². The smallest absolute Gasteiger partial charge is 0.270 e. The first-order valence-electron chi connectivity index (χ1n) is 5.06. The lowest BCUT2D eigenvalue weighted by Crippen LogP contribution is -2.32. The molecule has 88 valence electrons. The van der Waals surface area contributed by atoms with Crippen molar-refractivity contribution >= 4 is 17.3 Å². The molecule has 1 aliphatic rings. The molecule has 0 radical (unpaired) electrons. The average molecular weight is 233 g/mol. The van der Waals surface area contributed by atoms with E-state index >= 15 is 0 Å². The summed E-state index contributed by atoms with van der Waals surface area (Å²) in [6, 6.07) is 6.10. The van der Waals surface area contributed by atoms with Crippen molar-refractivity contribution in [2.75, 3.05) is 0 Å².